The van der Waals surface area contributed by atoms with Crippen LogP contribution in [0.15, 0.2) is 40.9 Å². The molecule has 2 rings (SSSR count). The zero-order chi connectivity index (χ0) is 16.8. The summed E-state index contributed by atoms with van der Waals surface area (Å²) in [6, 6.07) is 10.8. The molecule has 0 aliphatic carbocycles. The molecule has 0 heterocycles. The Morgan fingerprint density at radius 2 is 1.74 bits per heavy atom. The summed E-state index contributed by atoms with van der Waals surface area (Å²) in [6.45, 7) is 0.378. The van der Waals surface area contributed by atoms with Gasteiger partial charge in [-0.1, -0.05) is 6.07 Å². The van der Waals surface area contributed by atoms with E-state index in [0.29, 0.717) is 33.8 Å². The van der Waals surface area contributed by atoms with E-state index < -0.39 is 0 Å². The van der Waals surface area contributed by atoms with Crippen LogP contribution in [0.2, 0.25) is 0 Å². The van der Waals surface area contributed by atoms with E-state index in [1.165, 1.54) is 0 Å². The van der Waals surface area contributed by atoms with Crippen molar-refractivity contribution in [1.29, 1.82) is 0 Å². The molecular weight excluding hydrogens is 362 g/mol. The Morgan fingerprint density at radius 1 is 1.00 bits per heavy atom. The molecule has 0 unspecified atom stereocenters. The van der Waals surface area contributed by atoms with Gasteiger partial charge < -0.3 is 19.5 Å². The number of carbonyl (C=O) groups excluding carboxylic acids is 1. The molecule has 0 saturated carbocycles. The zero-order valence-electron chi connectivity index (χ0n) is 13.2. The highest BCUT2D eigenvalue weighted by atomic mass is 79.9. The molecule has 0 radical (unpaired) electrons. The maximum atomic E-state index is 12.3. The minimum Gasteiger partial charge on any atom is -0.497 e. The number of halogens is 1. The van der Waals surface area contributed by atoms with Crippen molar-refractivity contribution in [2.75, 3.05) is 21.3 Å². The molecular formula is C17H18BrNO4. The Balaban J connectivity index is 2.10. The van der Waals surface area contributed by atoms with E-state index in [0.717, 1.165) is 5.56 Å². The molecule has 0 saturated heterocycles. The highest BCUT2D eigenvalue weighted by Gasteiger charge is 2.12. The van der Waals surface area contributed by atoms with Gasteiger partial charge in [0.1, 0.15) is 5.75 Å². The molecule has 0 aliphatic rings. The van der Waals surface area contributed by atoms with Crippen molar-refractivity contribution in [3.63, 3.8) is 0 Å². The lowest BCUT2D eigenvalue weighted by Gasteiger charge is -2.11. The largest absolute Gasteiger partial charge is 0.497 e. The van der Waals surface area contributed by atoms with Gasteiger partial charge in [-0.05, 0) is 51.8 Å². The van der Waals surface area contributed by atoms with Gasteiger partial charge in [-0.25, -0.2) is 0 Å². The lowest BCUT2D eigenvalue weighted by atomic mass is 10.1. The summed E-state index contributed by atoms with van der Waals surface area (Å²) in [5, 5.41) is 2.88. The number of methoxy groups -OCH3 is 3. The number of carbonyl (C=O) groups is 1. The molecule has 0 aromatic heterocycles. The van der Waals surface area contributed by atoms with Crippen LogP contribution in [0.1, 0.15) is 15.9 Å². The second-order valence-corrected chi connectivity index (χ2v) is 5.57. The number of rotatable bonds is 6. The third kappa shape index (κ3) is 4.16. The first-order valence-corrected chi connectivity index (χ1v) is 7.71. The molecule has 2 aromatic carbocycles. The molecule has 0 aliphatic heterocycles. The van der Waals surface area contributed by atoms with Crippen LogP contribution in [0.25, 0.3) is 0 Å². The number of hydrogen-bond acceptors (Lipinski definition) is 4. The summed E-state index contributed by atoms with van der Waals surface area (Å²) in [5.74, 6) is 1.72. The van der Waals surface area contributed by atoms with E-state index in [1.54, 1.807) is 39.5 Å². The first kappa shape index (κ1) is 17.1. The Labute approximate surface area is 143 Å². The molecule has 0 spiro atoms. The van der Waals surface area contributed by atoms with Gasteiger partial charge in [-0.3, -0.25) is 4.79 Å². The van der Waals surface area contributed by atoms with E-state index in [9.17, 15) is 4.79 Å². The fourth-order valence-corrected chi connectivity index (χ4v) is 2.50. The second-order valence-electron chi connectivity index (χ2n) is 4.72. The summed E-state index contributed by atoms with van der Waals surface area (Å²) in [5.41, 5.74) is 1.43. The van der Waals surface area contributed by atoms with Crippen LogP contribution in [0.4, 0.5) is 0 Å². The summed E-state index contributed by atoms with van der Waals surface area (Å²) in [6.07, 6.45) is 0. The van der Waals surface area contributed by atoms with Gasteiger partial charge in [0, 0.05) is 11.0 Å². The molecule has 0 fully saturated rings. The minimum atomic E-state index is -0.189. The fraction of sp³-hybridized carbons (Fsp3) is 0.235. The molecule has 0 atom stereocenters. The molecule has 1 N–H and O–H groups in total. The van der Waals surface area contributed by atoms with Crippen molar-refractivity contribution in [3.8, 4) is 17.2 Å². The maximum Gasteiger partial charge on any atom is 0.252 e. The van der Waals surface area contributed by atoms with Crippen LogP contribution < -0.4 is 19.5 Å². The molecule has 0 bridgehead atoms. The monoisotopic (exact) mass is 379 g/mol. The highest BCUT2D eigenvalue weighted by molar-refractivity contribution is 9.10. The summed E-state index contributed by atoms with van der Waals surface area (Å²) >= 11 is 3.38. The van der Waals surface area contributed by atoms with E-state index in [-0.39, 0.29) is 5.91 Å². The second kappa shape index (κ2) is 7.87. The Bertz CT molecular complexity index is 703. The standard InChI is InChI=1S/C17H18BrNO4/c1-21-12-5-6-14(18)13(9-12)17(20)19-10-11-4-7-15(22-2)16(8-11)23-3/h4-9H,10H2,1-3H3,(H,19,20). The van der Waals surface area contributed by atoms with Gasteiger partial charge >= 0.3 is 0 Å². The molecule has 5 nitrogen and oxygen atoms in total. The first-order valence-electron chi connectivity index (χ1n) is 6.91. The van der Waals surface area contributed by atoms with Gasteiger partial charge in [0.2, 0.25) is 0 Å². The predicted molar refractivity (Wildman–Crippen MR) is 91.4 cm³/mol. The molecule has 2 aromatic rings. The van der Waals surface area contributed by atoms with Crippen LogP contribution in [-0.4, -0.2) is 27.2 Å². The maximum absolute atomic E-state index is 12.3. The Morgan fingerprint density at radius 3 is 2.39 bits per heavy atom. The molecule has 122 valence electrons. The normalized spacial score (nSPS) is 10.1. The number of ether oxygens (including phenoxy) is 3. The van der Waals surface area contributed by atoms with Crippen molar-refractivity contribution >= 4 is 21.8 Å². The SMILES string of the molecule is COc1ccc(Br)c(C(=O)NCc2ccc(OC)c(OC)c2)c1. The highest BCUT2D eigenvalue weighted by Crippen LogP contribution is 2.27. The summed E-state index contributed by atoms with van der Waals surface area (Å²) in [7, 11) is 4.72. The van der Waals surface area contributed by atoms with Crippen LogP contribution in [0.3, 0.4) is 0 Å². The van der Waals surface area contributed by atoms with Gasteiger partial charge in [-0.2, -0.15) is 0 Å². The van der Waals surface area contributed by atoms with E-state index in [2.05, 4.69) is 21.2 Å². The van der Waals surface area contributed by atoms with Gasteiger partial charge in [0.05, 0.1) is 26.9 Å². The van der Waals surface area contributed by atoms with E-state index >= 15 is 0 Å². The van der Waals surface area contributed by atoms with Crippen molar-refractivity contribution < 1.29 is 19.0 Å². The van der Waals surface area contributed by atoms with E-state index in [4.69, 9.17) is 14.2 Å². The minimum absolute atomic E-state index is 0.189. The van der Waals surface area contributed by atoms with Gasteiger partial charge in [-0.15, -0.1) is 0 Å². The van der Waals surface area contributed by atoms with Gasteiger partial charge in [0.25, 0.3) is 5.91 Å². The van der Waals surface area contributed by atoms with Crippen LogP contribution in [-0.2, 0) is 6.54 Å². The fourth-order valence-electron chi connectivity index (χ4n) is 2.07. The van der Waals surface area contributed by atoms with Gasteiger partial charge in [0.15, 0.2) is 11.5 Å². The smallest absolute Gasteiger partial charge is 0.252 e. The Hall–Kier alpha value is -2.21. The third-order valence-corrected chi connectivity index (χ3v) is 4.01. The number of benzene rings is 2. The Kier molecular flexibility index (Phi) is 5.87. The van der Waals surface area contributed by atoms with Crippen LogP contribution >= 0.6 is 15.9 Å². The van der Waals surface area contributed by atoms with Crippen molar-refractivity contribution in [2.45, 2.75) is 6.54 Å². The summed E-state index contributed by atoms with van der Waals surface area (Å²) < 4.78 is 16.3. The van der Waals surface area contributed by atoms with E-state index in [1.807, 2.05) is 18.2 Å². The average Bonchev–Trinajstić information content (AvgIpc) is 2.59. The first-order chi connectivity index (χ1) is 11.1. The van der Waals surface area contributed by atoms with Crippen molar-refractivity contribution in [1.82, 2.24) is 5.32 Å². The molecule has 23 heavy (non-hydrogen) atoms. The number of amides is 1. The molecule has 1 amide bonds. The lowest BCUT2D eigenvalue weighted by Crippen LogP contribution is -2.23. The quantitative estimate of drug-likeness (QED) is 0.835. The zero-order valence-corrected chi connectivity index (χ0v) is 14.8. The third-order valence-electron chi connectivity index (χ3n) is 3.32. The average molecular weight is 380 g/mol. The predicted octanol–water partition coefficient (Wildman–Crippen LogP) is 3.40. The van der Waals surface area contributed by atoms with Crippen molar-refractivity contribution in [2.24, 2.45) is 0 Å². The summed E-state index contributed by atoms with van der Waals surface area (Å²) in [4.78, 5) is 12.3. The number of hydrogen-bond donors (Lipinski definition) is 1. The molecule has 6 heteroatoms. The van der Waals surface area contributed by atoms with Crippen molar-refractivity contribution in [3.05, 3.63) is 52.0 Å². The number of nitrogens with one attached hydrogen (secondary N) is 1. The van der Waals surface area contributed by atoms with Crippen LogP contribution in [0, 0.1) is 0 Å². The lowest BCUT2D eigenvalue weighted by molar-refractivity contribution is 0.0949. The topological polar surface area (TPSA) is 56.8 Å². The van der Waals surface area contributed by atoms with Crippen LogP contribution in [0.5, 0.6) is 17.2 Å².